The van der Waals surface area contributed by atoms with Crippen molar-refractivity contribution in [3.8, 4) is 6.07 Å². The van der Waals surface area contributed by atoms with Gasteiger partial charge >= 0.3 is 29.4 Å². The van der Waals surface area contributed by atoms with Crippen molar-refractivity contribution < 1.29 is 25.0 Å². The van der Waals surface area contributed by atoms with Crippen LogP contribution in [0.25, 0.3) is 0 Å². The van der Waals surface area contributed by atoms with Crippen LogP contribution in [0.1, 0.15) is 62.3 Å². The predicted molar refractivity (Wildman–Crippen MR) is 103 cm³/mol. The van der Waals surface area contributed by atoms with Gasteiger partial charge < -0.3 is 8.97 Å². The van der Waals surface area contributed by atoms with Crippen molar-refractivity contribution in [1.82, 2.24) is 0 Å². The van der Waals surface area contributed by atoms with Crippen molar-refractivity contribution in [2.75, 3.05) is 52.4 Å². The third kappa shape index (κ3) is 21.5. The number of rotatable bonds is 8. The summed E-state index contributed by atoms with van der Waals surface area (Å²) in [6.45, 7) is 29.9. The van der Waals surface area contributed by atoms with Crippen molar-refractivity contribution >= 4 is 13.4 Å². The Morgan fingerprint density at radius 1 is 0.654 bits per heavy atom. The van der Waals surface area contributed by atoms with Gasteiger partial charge in [0.15, 0.2) is 0 Å². The van der Waals surface area contributed by atoms with Gasteiger partial charge in [-0.05, 0) is 55.4 Å². The molecule has 0 aromatic rings. The second-order valence-electron chi connectivity index (χ2n) is 5.84. The fourth-order valence-corrected chi connectivity index (χ4v) is 2.68. The van der Waals surface area contributed by atoms with Crippen LogP contribution in [0.15, 0.2) is 0 Å². The van der Waals surface area contributed by atoms with E-state index in [9.17, 15) is 0 Å². The molecule has 0 fully saturated rings. The fraction of sp³-hybridized carbons (Fsp3) is 0.944. The molecule has 0 atom stereocenters. The van der Waals surface area contributed by atoms with Gasteiger partial charge in [0, 0.05) is 6.92 Å². The summed E-state index contributed by atoms with van der Waals surface area (Å²) in [7, 11) is 0. The first-order valence-electron chi connectivity index (χ1n) is 9.58. The summed E-state index contributed by atoms with van der Waals surface area (Å²) >= 11 is -5.75. The van der Waals surface area contributed by atoms with Crippen LogP contribution in [0.2, 0.25) is 0 Å². The predicted octanol–water partition coefficient (Wildman–Crippen LogP) is 1.30. The molecule has 7 nitrogen and oxygen atoms in total. The molecule has 160 valence electrons. The van der Waals surface area contributed by atoms with Crippen molar-refractivity contribution in [3.05, 3.63) is 0 Å². The van der Waals surface area contributed by atoms with E-state index >= 15 is 0 Å². The first-order chi connectivity index (χ1) is 11.9. The summed E-state index contributed by atoms with van der Waals surface area (Å²) in [5.41, 5.74) is 0. The molecular weight excluding hydrogens is 401 g/mol. The Hall–Kier alpha value is -0.551. The fourth-order valence-electron chi connectivity index (χ4n) is 2.68. The van der Waals surface area contributed by atoms with Crippen LogP contribution in [0.5, 0.6) is 0 Å². The number of hydrogen-bond acceptors (Lipinski definition) is 5. The molecule has 0 aliphatic heterocycles. The summed E-state index contributed by atoms with van der Waals surface area (Å²) in [5, 5.41) is 7.32. The Morgan fingerprint density at radius 3 is 0.731 bits per heavy atom. The van der Waals surface area contributed by atoms with Crippen LogP contribution < -0.4 is 8.38 Å². The van der Waals surface area contributed by atoms with E-state index < -0.39 is 13.4 Å². The number of hydrogen-bond donors (Lipinski definition) is 0. The molecule has 0 aromatic carbocycles. The zero-order valence-electron chi connectivity index (χ0n) is 18.5. The van der Waals surface area contributed by atoms with E-state index in [1.54, 1.807) is 6.07 Å². The van der Waals surface area contributed by atoms with E-state index in [4.69, 9.17) is 21.3 Å². The molecule has 0 spiro atoms. The van der Waals surface area contributed by atoms with Gasteiger partial charge in [0.2, 0.25) is 0 Å². The van der Waals surface area contributed by atoms with E-state index in [1.165, 1.54) is 68.2 Å². The second kappa shape index (κ2) is 19.2. The number of nitriles is 1. The summed E-state index contributed by atoms with van der Waals surface area (Å²) < 4.78 is 36.9. The molecule has 0 aromatic heterocycles. The minimum atomic E-state index is -5.75. The maximum atomic E-state index is 8.59. The van der Waals surface area contributed by atoms with Gasteiger partial charge in [-0.2, -0.15) is 5.26 Å². The molecule has 0 N–H and O–H groups in total. The normalized spacial score (nSPS) is 10.8. The van der Waals surface area contributed by atoms with Crippen molar-refractivity contribution in [2.45, 2.75) is 62.3 Å². The van der Waals surface area contributed by atoms with Crippen molar-refractivity contribution in [1.29, 1.82) is 5.26 Å². The van der Waals surface area contributed by atoms with Crippen molar-refractivity contribution in [3.63, 3.8) is 0 Å². The standard InChI is InChI=1S/2C8H20N.C2H3N.H2O4Se/c2*1-5-9(6-2,7-3)8-4;1-2-3;1-5(2,3)4/h2*5-8H2,1-4H3;1H3;(H2,1,2,3,4)/q2*+1;;/p-2. The average Bonchev–Trinajstić information content (AvgIpc) is 2.60. The third-order valence-corrected chi connectivity index (χ3v) is 5.37. The van der Waals surface area contributed by atoms with E-state index in [2.05, 4.69) is 55.4 Å². The molecule has 8 heteroatoms. The van der Waals surface area contributed by atoms with Gasteiger partial charge in [0.05, 0.1) is 58.4 Å². The first kappa shape index (κ1) is 33.1. The zero-order valence-corrected chi connectivity index (χ0v) is 20.3. The Labute approximate surface area is 164 Å². The average molecular weight is 445 g/mol. The molecule has 0 unspecified atom stereocenters. The topological polar surface area (TPSA) is 104 Å². The van der Waals surface area contributed by atoms with E-state index in [0.717, 1.165) is 0 Å². The Bertz CT molecular complexity index is 363. The van der Waals surface area contributed by atoms with Gasteiger partial charge in [-0.15, -0.1) is 0 Å². The molecule has 0 amide bonds. The van der Waals surface area contributed by atoms with E-state index in [-0.39, 0.29) is 0 Å². The Balaban J connectivity index is -0.000000134. The quantitative estimate of drug-likeness (QED) is 0.415. The summed E-state index contributed by atoms with van der Waals surface area (Å²) in [6, 6.07) is 1.75. The molecule has 0 aliphatic rings. The number of quaternary nitrogens is 2. The second-order valence-corrected chi connectivity index (χ2v) is 7.56. The molecule has 0 rings (SSSR count). The molecule has 0 bridgehead atoms. The van der Waals surface area contributed by atoms with Gasteiger partial charge in [-0.1, -0.05) is 0 Å². The minimum absolute atomic E-state index is 1.28. The molecule has 0 saturated heterocycles. The monoisotopic (exact) mass is 445 g/mol. The molecule has 26 heavy (non-hydrogen) atoms. The Kier molecular flexibility index (Phi) is 24.4. The number of nitrogens with zero attached hydrogens (tertiary/aromatic N) is 3. The maximum absolute atomic E-state index is 8.59. The third-order valence-electron chi connectivity index (χ3n) is 5.37. The molecular formula is C18H43N3O4Se. The van der Waals surface area contributed by atoms with E-state index in [1.807, 2.05) is 0 Å². The summed E-state index contributed by atoms with van der Waals surface area (Å²) in [4.78, 5) is 0. The van der Waals surface area contributed by atoms with Crippen LogP contribution in [0, 0.1) is 11.3 Å². The molecule has 0 radical (unpaired) electrons. The van der Waals surface area contributed by atoms with Crippen LogP contribution in [0.3, 0.4) is 0 Å². The van der Waals surface area contributed by atoms with Crippen molar-refractivity contribution in [2.24, 2.45) is 0 Å². The van der Waals surface area contributed by atoms with E-state index in [0.29, 0.717) is 0 Å². The summed E-state index contributed by atoms with van der Waals surface area (Å²) in [6.07, 6.45) is 0. The summed E-state index contributed by atoms with van der Waals surface area (Å²) in [5.74, 6) is 0. The first-order valence-corrected chi connectivity index (χ1v) is 12.4. The zero-order chi connectivity index (χ0) is 21.9. The molecule has 0 saturated carbocycles. The van der Waals surface area contributed by atoms with Crippen LogP contribution in [-0.4, -0.2) is 74.7 Å². The van der Waals surface area contributed by atoms with Crippen LogP contribution in [-0.2, 0) is 7.67 Å². The SMILES string of the molecule is CC#N.CC[N+](CC)(CC)CC.CC[N+](CC)(CC)CC.O=[Se](=O)([O-])[O-]. The van der Waals surface area contributed by atoms with Crippen LogP contribution in [0.4, 0.5) is 0 Å². The van der Waals surface area contributed by atoms with Gasteiger partial charge in [0.25, 0.3) is 0 Å². The molecule has 0 heterocycles. The van der Waals surface area contributed by atoms with Gasteiger partial charge in [-0.25, -0.2) is 0 Å². The van der Waals surface area contributed by atoms with Gasteiger partial charge in [0.1, 0.15) is 0 Å². The van der Waals surface area contributed by atoms with Crippen LogP contribution >= 0.6 is 0 Å². The molecule has 0 aliphatic carbocycles. The van der Waals surface area contributed by atoms with Gasteiger partial charge in [-0.3, -0.25) is 0 Å². The Morgan fingerprint density at radius 2 is 0.731 bits per heavy atom.